The minimum atomic E-state index is -0.325. The van der Waals surface area contributed by atoms with Crippen molar-refractivity contribution in [2.75, 3.05) is 0 Å². The van der Waals surface area contributed by atoms with E-state index in [1.807, 2.05) is 27.7 Å². The predicted octanol–water partition coefficient (Wildman–Crippen LogP) is 1.35. The Bertz CT molecular complexity index is 112. The van der Waals surface area contributed by atoms with E-state index in [0.29, 0.717) is 6.04 Å². The van der Waals surface area contributed by atoms with Crippen molar-refractivity contribution in [1.82, 2.24) is 5.32 Å². The highest BCUT2D eigenvalue weighted by Crippen LogP contribution is 2.05. The largest absolute Gasteiger partial charge is 0.303 e. The van der Waals surface area contributed by atoms with Gasteiger partial charge in [0.1, 0.15) is 6.29 Å². The molecule has 0 aromatic heterocycles. The van der Waals surface area contributed by atoms with E-state index in [4.69, 9.17) is 0 Å². The molecule has 0 rings (SSSR count). The van der Waals surface area contributed by atoms with Gasteiger partial charge in [0.15, 0.2) is 0 Å². The molecular weight excluding hydrogens is 126 g/mol. The molecule has 0 heterocycles. The van der Waals surface area contributed by atoms with E-state index in [1.54, 1.807) is 0 Å². The second kappa shape index (κ2) is 3.71. The molecule has 0 bridgehead atoms. The molecule has 0 aromatic rings. The maximum atomic E-state index is 10.5. The fraction of sp³-hybridized carbons (Fsp3) is 0.875. The third kappa shape index (κ3) is 2.97. The highest BCUT2D eigenvalue weighted by atomic mass is 16.1. The van der Waals surface area contributed by atoms with E-state index in [2.05, 4.69) is 5.32 Å². The van der Waals surface area contributed by atoms with Gasteiger partial charge in [-0.25, -0.2) is 0 Å². The summed E-state index contributed by atoms with van der Waals surface area (Å²) in [5, 5.41) is 3.19. The van der Waals surface area contributed by atoms with Crippen LogP contribution in [0.1, 0.15) is 34.1 Å². The summed E-state index contributed by atoms with van der Waals surface area (Å²) >= 11 is 0. The third-order valence-corrected chi connectivity index (χ3v) is 1.61. The molecule has 0 aromatic carbocycles. The maximum absolute atomic E-state index is 10.5. The van der Waals surface area contributed by atoms with Gasteiger partial charge in [-0.1, -0.05) is 6.92 Å². The third-order valence-electron chi connectivity index (χ3n) is 1.61. The van der Waals surface area contributed by atoms with E-state index in [1.165, 1.54) is 0 Å². The first-order valence-electron chi connectivity index (χ1n) is 3.78. The van der Waals surface area contributed by atoms with Crippen molar-refractivity contribution >= 4 is 6.29 Å². The Morgan fingerprint density at radius 1 is 1.60 bits per heavy atom. The Morgan fingerprint density at radius 3 is 2.20 bits per heavy atom. The van der Waals surface area contributed by atoms with Gasteiger partial charge in [0.25, 0.3) is 0 Å². The molecule has 10 heavy (non-hydrogen) atoms. The summed E-state index contributed by atoms with van der Waals surface area (Å²) in [5.74, 6) is 0. The molecule has 0 aliphatic rings. The standard InChI is InChI=1S/C8H17NO/c1-5-8(4,6-10)9-7(2)3/h6-7,9H,5H2,1-4H3. The molecule has 1 atom stereocenters. The molecule has 0 saturated heterocycles. The van der Waals surface area contributed by atoms with Crippen molar-refractivity contribution in [3.63, 3.8) is 0 Å². The van der Waals surface area contributed by atoms with Crippen LogP contribution in [0.4, 0.5) is 0 Å². The van der Waals surface area contributed by atoms with E-state index in [-0.39, 0.29) is 5.54 Å². The average Bonchev–Trinajstić information content (AvgIpc) is 1.87. The van der Waals surface area contributed by atoms with Crippen LogP contribution < -0.4 is 5.32 Å². The fourth-order valence-corrected chi connectivity index (χ4v) is 0.879. The van der Waals surface area contributed by atoms with Gasteiger partial charge in [0.2, 0.25) is 0 Å². The number of carbonyl (C=O) groups excluding carboxylic acids is 1. The normalized spacial score (nSPS) is 16.9. The van der Waals surface area contributed by atoms with Crippen LogP contribution >= 0.6 is 0 Å². The van der Waals surface area contributed by atoms with Crippen molar-refractivity contribution in [1.29, 1.82) is 0 Å². The zero-order valence-corrected chi connectivity index (χ0v) is 7.27. The molecule has 0 fully saturated rings. The first-order valence-corrected chi connectivity index (χ1v) is 3.78. The summed E-state index contributed by atoms with van der Waals surface area (Å²) in [6.07, 6.45) is 1.82. The number of aldehydes is 1. The van der Waals surface area contributed by atoms with E-state index in [0.717, 1.165) is 12.7 Å². The summed E-state index contributed by atoms with van der Waals surface area (Å²) in [7, 11) is 0. The molecule has 1 N–H and O–H groups in total. The van der Waals surface area contributed by atoms with Gasteiger partial charge in [-0.05, 0) is 27.2 Å². The molecule has 0 spiro atoms. The van der Waals surface area contributed by atoms with Crippen molar-refractivity contribution < 1.29 is 4.79 Å². The molecule has 0 amide bonds. The summed E-state index contributed by atoms with van der Waals surface area (Å²) < 4.78 is 0. The van der Waals surface area contributed by atoms with Crippen LogP contribution in [-0.2, 0) is 4.79 Å². The number of carbonyl (C=O) groups is 1. The van der Waals surface area contributed by atoms with E-state index < -0.39 is 0 Å². The Labute approximate surface area is 63.0 Å². The minimum Gasteiger partial charge on any atom is -0.303 e. The lowest BCUT2D eigenvalue weighted by Crippen LogP contribution is -2.46. The molecule has 1 unspecified atom stereocenters. The molecule has 0 radical (unpaired) electrons. The first kappa shape index (κ1) is 9.63. The monoisotopic (exact) mass is 143 g/mol. The van der Waals surface area contributed by atoms with Gasteiger partial charge >= 0.3 is 0 Å². The highest BCUT2D eigenvalue weighted by molar-refractivity contribution is 5.63. The lowest BCUT2D eigenvalue weighted by atomic mass is 10.0. The quantitative estimate of drug-likeness (QED) is 0.602. The summed E-state index contributed by atoms with van der Waals surface area (Å²) in [6, 6.07) is 0.371. The molecule has 60 valence electrons. The van der Waals surface area contributed by atoms with Crippen LogP contribution in [0.25, 0.3) is 0 Å². The van der Waals surface area contributed by atoms with Crippen LogP contribution in [0.15, 0.2) is 0 Å². The highest BCUT2D eigenvalue weighted by Gasteiger charge is 2.20. The van der Waals surface area contributed by atoms with Crippen molar-refractivity contribution in [2.45, 2.75) is 45.7 Å². The number of hydrogen-bond acceptors (Lipinski definition) is 2. The van der Waals surface area contributed by atoms with Gasteiger partial charge in [-0.2, -0.15) is 0 Å². The first-order chi connectivity index (χ1) is 4.54. The van der Waals surface area contributed by atoms with Crippen molar-refractivity contribution in [3.05, 3.63) is 0 Å². The van der Waals surface area contributed by atoms with Crippen LogP contribution in [-0.4, -0.2) is 17.9 Å². The molecule has 0 aliphatic heterocycles. The van der Waals surface area contributed by atoms with E-state index in [9.17, 15) is 4.79 Å². The average molecular weight is 143 g/mol. The van der Waals surface area contributed by atoms with Crippen LogP contribution in [0, 0.1) is 0 Å². The summed E-state index contributed by atoms with van der Waals surface area (Å²) in [6.45, 7) is 8.00. The Morgan fingerprint density at radius 2 is 2.10 bits per heavy atom. The second-order valence-electron chi connectivity index (χ2n) is 3.19. The lowest BCUT2D eigenvalue weighted by Gasteiger charge is -2.25. The zero-order chi connectivity index (χ0) is 8.20. The van der Waals surface area contributed by atoms with Gasteiger partial charge in [0, 0.05) is 6.04 Å². The van der Waals surface area contributed by atoms with Crippen LogP contribution in [0.2, 0.25) is 0 Å². The predicted molar refractivity (Wildman–Crippen MR) is 43.0 cm³/mol. The van der Waals surface area contributed by atoms with Gasteiger partial charge < -0.3 is 10.1 Å². The molecule has 2 heteroatoms. The molecular formula is C8H17NO. The maximum Gasteiger partial charge on any atom is 0.139 e. The van der Waals surface area contributed by atoms with Crippen LogP contribution in [0.3, 0.4) is 0 Å². The number of rotatable bonds is 4. The lowest BCUT2D eigenvalue weighted by molar-refractivity contribution is -0.113. The van der Waals surface area contributed by atoms with Gasteiger partial charge in [-0.15, -0.1) is 0 Å². The van der Waals surface area contributed by atoms with E-state index >= 15 is 0 Å². The van der Waals surface area contributed by atoms with Gasteiger partial charge in [0.05, 0.1) is 5.54 Å². The molecule has 0 aliphatic carbocycles. The van der Waals surface area contributed by atoms with Crippen molar-refractivity contribution in [2.24, 2.45) is 0 Å². The molecule has 2 nitrogen and oxygen atoms in total. The molecule has 0 saturated carbocycles. The van der Waals surface area contributed by atoms with Gasteiger partial charge in [-0.3, -0.25) is 0 Å². The number of hydrogen-bond donors (Lipinski definition) is 1. The minimum absolute atomic E-state index is 0.325. The number of nitrogens with one attached hydrogen (secondary N) is 1. The second-order valence-corrected chi connectivity index (χ2v) is 3.19. The summed E-state index contributed by atoms with van der Waals surface area (Å²) in [4.78, 5) is 10.5. The van der Waals surface area contributed by atoms with Crippen LogP contribution in [0.5, 0.6) is 0 Å². The topological polar surface area (TPSA) is 29.1 Å². The fourth-order valence-electron chi connectivity index (χ4n) is 0.879. The Kier molecular flexibility index (Phi) is 3.58. The Hall–Kier alpha value is -0.370. The smallest absolute Gasteiger partial charge is 0.139 e. The summed E-state index contributed by atoms with van der Waals surface area (Å²) in [5.41, 5.74) is -0.325. The SMILES string of the molecule is CCC(C)(C=O)NC(C)C. The Balaban J connectivity index is 3.92. The zero-order valence-electron chi connectivity index (χ0n) is 7.27. The van der Waals surface area contributed by atoms with Crippen molar-refractivity contribution in [3.8, 4) is 0 Å².